The van der Waals surface area contributed by atoms with Crippen molar-refractivity contribution < 1.29 is 9.90 Å². The van der Waals surface area contributed by atoms with E-state index in [0.29, 0.717) is 17.1 Å². The molecule has 2 heteroatoms. The molecule has 0 amide bonds. The average molecular weight is 290 g/mol. The van der Waals surface area contributed by atoms with Crippen LogP contribution in [-0.4, -0.2) is 17.0 Å². The molecular weight excluding hydrogens is 260 g/mol. The van der Waals surface area contributed by atoms with E-state index in [0.717, 1.165) is 43.4 Å². The number of Topliss-reactive ketones (excluding diaryl/α,β-unsaturated/α-hetero) is 1. The number of hydrogen-bond acceptors (Lipinski definition) is 2. The molecule has 0 aromatic rings. The summed E-state index contributed by atoms with van der Waals surface area (Å²) in [5, 5.41) is 10.5. The van der Waals surface area contributed by atoms with Crippen molar-refractivity contribution in [3.8, 4) is 0 Å². The second-order valence-corrected chi connectivity index (χ2v) is 9.04. The van der Waals surface area contributed by atoms with Crippen molar-refractivity contribution in [1.82, 2.24) is 0 Å². The molecule has 6 unspecified atom stereocenters. The fourth-order valence-electron chi connectivity index (χ4n) is 7.02. The van der Waals surface area contributed by atoms with Crippen LogP contribution in [0.25, 0.3) is 0 Å². The Morgan fingerprint density at radius 2 is 1.71 bits per heavy atom. The van der Waals surface area contributed by atoms with E-state index in [1.807, 2.05) is 0 Å². The summed E-state index contributed by atoms with van der Waals surface area (Å²) < 4.78 is 0. The summed E-state index contributed by atoms with van der Waals surface area (Å²) in [6.07, 6.45) is 10.0. The van der Waals surface area contributed by atoms with Crippen molar-refractivity contribution >= 4 is 5.78 Å². The van der Waals surface area contributed by atoms with E-state index in [-0.39, 0.29) is 11.5 Å². The Labute approximate surface area is 128 Å². The molecule has 0 aliphatic heterocycles. The molecule has 4 fully saturated rings. The van der Waals surface area contributed by atoms with Gasteiger partial charge in [0.25, 0.3) is 0 Å². The van der Waals surface area contributed by atoms with Crippen LogP contribution in [0, 0.1) is 34.5 Å². The lowest BCUT2D eigenvalue weighted by Crippen LogP contribution is -2.54. The molecule has 4 aliphatic carbocycles. The van der Waals surface area contributed by atoms with Gasteiger partial charge in [-0.25, -0.2) is 0 Å². The third kappa shape index (κ3) is 1.84. The third-order valence-electron chi connectivity index (χ3n) is 8.43. The van der Waals surface area contributed by atoms with Crippen LogP contribution in [0.15, 0.2) is 0 Å². The minimum absolute atomic E-state index is 0.0677. The van der Waals surface area contributed by atoms with Crippen LogP contribution in [0.4, 0.5) is 0 Å². The minimum atomic E-state index is -0.0677. The van der Waals surface area contributed by atoms with E-state index >= 15 is 0 Å². The van der Waals surface area contributed by atoms with Gasteiger partial charge in [0, 0.05) is 12.8 Å². The van der Waals surface area contributed by atoms with Crippen LogP contribution in [0.1, 0.15) is 71.6 Å². The Kier molecular flexibility index (Phi) is 3.10. The number of fused-ring (bicyclic) bond motifs is 5. The molecule has 4 saturated carbocycles. The number of carbonyl (C=O) groups excluding carboxylic acids is 1. The number of aliphatic hydroxyl groups is 1. The van der Waals surface area contributed by atoms with Gasteiger partial charge in [-0.05, 0) is 79.4 Å². The van der Waals surface area contributed by atoms with Crippen molar-refractivity contribution in [3.63, 3.8) is 0 Å². The maximum atomic E-state index is 11.9. The van der Waals surface area contributed by atoms with Gasteiger partial charge in [0.1, 0.15) is 5.78 Å². The number of ketones is 1. The van der Waals surface area contributed by atoms with Gasteiger partial charge in [-0.2, -0.15) is 0 Å². The Morgan fingerprint density at radius 1 is 0.952 bits per heavy atom. The fraction of sp³-hybridized carbons (Fsp3) is 0.947. The van der Waals surface area contributed by atoms with Crippen molar-refractivity contribution in [2.24, 2.45) is 34.5 Å². The quantitative estimate of drug-likeness (QED) is 0.733. The number of aliphatic hydroxyl groups excluding tert-OH is 1. The Morgan fingerprint density at radius 3 is 2.52 bits per heavy atom. The lowest BCUT2D eigenvalue weighted by molar-refractivity contribution is -0.141. The first kappa shape index (κ1) is 14.2. The average Bonchev–Trinajstić information content (AvgIpc) is 2.76. The van der Waals surface area contributed by atoms with E-state index < -0.39 is 0 Å². The maximum Gasteiger partial charge on any atom is 0.133 e. The van der Waals surface area contributed by atoms with Gasteiger partial charge in [-0.15, -0.1) is 0 Å². The van der Waals surface area contributed by atoms with E-state index in [4.69, 9.17) is 0 Å². The highest BCUT2D eigenvalue weighted by molar-refractivity contribution is 5.79. The summed E-state index contributed by atoms with van der Waals surface area (Å²) in [5.74, 6) is 3.52. The van der Waals surface area contributed by atoms with Crippen LogP contribution in [0.2, 0.25) is 0 Å². The van der Waals surface area contributed by atoms with Crippen LogP contribution < -0.4 is 0 Å². The number of hydrogen-bond donors (Lipinski definition) is 1. The molecule has 1 N–H and O–H groups in total. The normalized spacial score (nSPS) is 56.5. The van der Waals surface area contributed by atoms with Gasteiger partial charge in [0.05, 0.1) is 6.10 Å². The third-order valence-corrected chi connectivity index (χ3v) is 8.43. The molecule has 4 aliphatic rings. The predicted molar refractivity (Wildman–Crippen MR) is 82.7 cm³/mol. The van der Waals surface area contributed by atoms with Crippen LogP contribution >= 0.6 is 0 Å². The molecule has 0 aromatic carbocycles. The monoisotopic (exact) mass is 290 g/mol. The number of carbonyl (C=O) groups is 1. The molecule has 0 aromatic heterocycles. The molecule has 7 atom stereocenters. The summed E-state index contributed by atoms with van der Waals surface area (Å²) >= 11 is 0. The lowest BCUT2D eigenvalue weighted by Gasteiger charge is -2.60. The molecule has 0 saturated heterocycles. The van der Waals surface area contributed by atoms with Crippen molar-refractivity contribution in [1.29, 1.82) is 0 Å². The van der Waals surface area contributed by atoms with Crippen LogP contribution in [-0.2, 0) is 4.79 Å². The van der Waals surface area contributed by atoms with Gasteiger partial charge in [-0.3, -0.25) is 4.79 Å². The zero-order valence-electron chi connectivity index (χ0n) is 13.6. The van der Waals surface area contributed by atoms with Gasteiger partial charge >= 0.3 is 0 Å². The minimum Gasteiger partial charge on any atom is -0.393 e. The summed E-state index contributed by atoms with van der Waals surface area (Å²) in [5.41, 5.74) is 0.598. The first-order chi connectivity index (χ1) is 9.95. The zero-order valence-corrected chi connectivity index (χ0v) is 13.6. The van der Waals surface area contributed by atoms with Crippen molar-refractivity contribution in [2.45, 2.75) is 77.7 Å². The highest BCUT2D eigenvalue weighted by Gasteiger charge is 2.59. The first-order valence-electron chi connectivity index (χ1n) is 9.15. The molecule has 4 rings (SSSR count). The maximum absolute atomic E-state index is 11.9. The largest absolute Gasteiger partial charge is 0.393 e. The van der Waals surface area contributed by atoms with E-state index in [2.05, 4.69) is 13.8 Å². The summed E-state index contributed by atoms with van der Waals surface area (Å²) in [6, 6.07) is 0. The SMILES string of the molecule is CC12CCC(=O)CC1CCC1C2CCC2(C)C1CC[C@H]2O. The number of rotatable bonds is 0. The summed E-state index contributed by atoms with van der Waals surface area (Å²) in [7, 11) is 0. The molecule has 21 heavy (non-hydrogen) atoms. The molecular formula is C19H30O2. The molecule has 0 spiro atoms. The fourth-order valence-corrected chi connectivity index (χ4v) is 7.02. The highest BCUT2D eigenvalue weighted by Crippen LogP contribution is 2.65. The van der Waals surface area contributed by atoms with Gasteiger partial charge in [-0.1, -0.05) is 13.8 Å². The van der Waals surface area contributed by atoms with Crippen LogP contribution in [0.5, 0.6) is 0 Å². The van der Waals surface area contributed by atoms with E-state index in [1.165, 1.54) is 32.1 Å². The Hall–Kier alpha value is -0.370. The second-order valence-electron chi connectivity index (χ2n) is 9.04. The van der Waals surface area contributed by atoms with Gasteiger partial charge < -0.3 is 5.11 Å². The van der Waals surface area contributed by atoms with E-state index in [1.54, 1.807) is 0 Å². The lowest BCUT2D eigenvalue weighted by atomic mass is 9.45. The molecule has 2 nitrogen and oxygen atoms in total. The van der Waals surface area contributed by atoms with E-state index in [9.17, 15) is 9.90 Å². The smallest absolute Gasteiger partial charge is 0.133 e. The van der Waals surface area contributed by atoms with Gasteiger partial charge in [0.15, 0.2) is 0 Å². The highest BCUT2D eigenvalue weighted by atomic mass is 16.3. The second kappa shape index (κ2) is 4.57. The Balaban J connectivity index is 1.64. The van der Waals surface area contributed by atoms with Gasteiger partial charge in [0.2, 0.25) is 0 Å². The molecule has 0 radical (unpaired) electrons. The Bertz CT molecular complexity index is 458. The molecule has 0 bridgehead atoms. The van der Waals surface area contributed by atoms with Crippen molar-refractivity contribution in [3.05, 3.63) is 0 Å². The summed E-state index contributed by atoms with van der Waals surface area (Å²) in [6.45, 7) is 4.85. The topological polar surface area (TPSA) is 37.3 Å². The zero-order chi connectivity index (χ0) is 14.8. The predicted octanol–water partition coefficient (Wildman–Crippen LogP) is 3.96. The molecule has 0 heterocycles. The van der Waals surface area contributed by atoms with Crippen LogP contribution in [0.3, 0.4) is 0 Å². The molecule has 118 valence electrons. The first-order valence-corrected chi connectivity index (χ1v) is 9.15. The standard InChI is InChI=1S/C19H30O2/c1-18-9-7-13(20)11-12(18)3-4-14-15-5-6-17(21)19(15,2)10-8-16(14)18/h12,14-17,21H,3-11H2,1-2H3/t12?,14?,15?,16?,17-,18?,19?/m1/s1. The van der Waals surface area contributed by atoms with Crippen molar-refractivity contribution in [2.75, 3.05) is 0 Å². The summed E-state index contributed by atoms with van der Waals surface area (Å²) in [4.78, 5) is 11.9.